The van der Waals surface area contributed by atoms with Crippen molar-refractivity contribution in [2.24, 2.45) is 0 Å². The molecule has 0 spiro atoms. The minimum atomic E-state index is -0.361. The first-order valence-corrected chi connectivity index (χ1v) is 5.76. The highest BCUT2D eigenvalue weighted by Gasteiger charge is 2.41. The molecule has 0 aromatic carbocycles. The van der Waals surface area contributed by atoms with Crippen molar-refractivity contribution >= 4 is 24.0 Å². The van der Waals surface area contributed by atoms with Crippen molar-refractivity contribution in [2.75, 3.05) is 5.88 Å². The molecule has 0 saturated carbocycles. The van der Waals surface area contributed by atoms with Gasteiger partial charge in [0.05, 0.1) is 0 Å². The average molecular weight is 232 g/mol. The fourth-order valence-corrected chi connectivity index (χ4v) is 2.71. The summed E-state index contributed by atoms with van der Waals surface area (Å²) < 4.78 is 5.20. The second-order valence-electron chi connectivity index (χ2n) is 4.15. The first-order valence-electron chi connectivity index (χ1n) is 5.22. The van der Waals surface area contributed by atoms with Crippen molar-refractivity contribution in [3.63, 3.8) is 0 Å². The van der Waals surface area contributed by atoms with Crippen molar-refractivity contribution in [3.05, 3.63) is 0 Å². The summed E-state index contributed by atoms with van der Waals surface area (Å²) in [5, 5.41) is 0. The van der Waals surface area contributed by atoms with Gasteiger partial charge in [0, 0.05) is 24.9 Å². The van der Waals surface area contributed by atoms with Crippen LogP contribution in [0, 0.1) is 0 Å². The van der Waals surface area contributed by atoms with Crippen LogP contribution in [0.3, 0.4) is 0 Å². The molecule has 15 heavy (non-hydrogen) atoms. The number of ether oxygens (including phenoxy) is 1. The number of piperidine rings is 1. The van der Waals surface area contributed by atoms with E-state index in [9.17, 15) is 9.59 Å². The number of rotatable bonds is 3. The number of nitrogens with zero attached hydrogens (tertiary/aromatic N) is 1. The molecule has 2 bridgehead atoms. The summed E-state index contributed by atoms with van der Waals surface area (Å²) in [4.78, 5) is 23.7. The van der Waals surface area contributed by atoms with Gasteiger partial charge in [-0.2, -0.15) is 0 Å². The molecule has 0 aromatic rings. The predicted molar refractivity (Wildman–Crippen MR) is 54.5 cm³/mol. The van der Waals surface area contributed by atoms with Gasteiger partial charge in [0.1, 0.15) is 12.0 Å². The molecule has 5 heteroatoms. The van der Waals surface area contributed by atoms with Gasteiger partial charge in [-0.15, -0.1) is 11.6 Å². The van der Waals surface area contributed by atoms with Gasteiger partial charge in [-0.05, 0) is 12.8 Å². The number of amides is 1. The van der Waals surface area contributed by atoms with E-state index in [2.05, 4.69) is 0 Å². The second kappa shape index (κ2) is 4.39. The Kier molecular flexibility index (Phi) is 3.14. The zero-order chi connectivity index (χ0) is 10.8. The Bertz CT molecular complexity index is 257. The molecular weight excluding hydrogens is 218 g/mol. The summed E-state index contributed by atoms with van der Waals surface area (Å²) in [5.41, 5.74) is 0. The van der Waals surface area contributed by atoms with Gasteiger partial charge in [-0.25, -0.2) is 0 Å². The van der Waals surface area contributed by atoms with Gasteiger partial charge in [0.2, 0.25) is 6.41 Å². The first kappa shape index (κ1) is 10.7. The smallest absolute Gasteiger partial charge is 0.321 e. The van der Waals surface area contributed by atoms with Crippen LogP contribution in [-0.4, -0.2) is 41.3 Å². The van der Waals surface area contributed by atoms with Crippen LogP contribution in [0.5, 0.6) is 0 Å². The molecule has 1 amide bonds. The van der Waals surface area contributed by atoms with Crippen LogP contribution in [0.4, 0.5) is 0 Å². The third-order valence-corrected chi connectivity index (χ3v) is 3.49. The topological polar surface area (TPSA) is 46.6 Å². The van der Waals surface area contributed by atoms with Gasteiger partial charge < -0.3 is 9.64 Å². The molecule has 2 saturated heterocycles. The lowest BCUT2D eigenvalue weighted by molar-refractivity contribution is -0.150. The van der Waals surface area contributed by atoms with Gasteiger partial charge in [-0.1, -0.05) is 0 Å². The molecular formula is C10H14ClNO3. The lowest BCUT2D eigenvalue weighted by Crippen LogP contribution is -2.45. The molecule has 2 heterocycles. The van der Waals surface area contributed by atoms with Crippen molar-refractivity contribution < 1.29 is 14.3 Å². The normalized spacial score (nSPS) is 33.9. The van der Waals surface area contributed by atoms with Crippen LogP contribution in [-0.2, 0) is 14.3 Å². The van der Waals surface area contributed by atoms with E-state index < -0.39 is 0 Å². The molecule has 2 rings (SSSR count). The number of esters is 1. The number of halogens is 1. The standard InChI is InChI=1S/C10H14ClNO3/c11-5-10(14)15-9-3-7-1-2-8(4-9)12(7)6-13/h6-9H,1-5H2/t7-,8+,9?. The zero-order valence-corrected chi connectivity index (χ0v) is 9.15. The third-order valence-electron chi connectivity index (χ3n) is 3.28. The van der Waals surface area contributed by atoms with Crippen molar-refractivity contribution in [1.82, 2.24) is 4.90 Å². The minimum Gasteiger partial charge on any atom is -0.461 e. The highest BCUT2D eigenvalue weighted by atomic mass is 35.5. The van der Waals surface area contributed by atoms with E-state index in [1.54, 1.807) is 0 Å². The molecule has 84 valence electrons. The Balaban J connectivity index is 1.93. The van der Waals surface area contributed by atoms with Crippen LogP contribution in [0.25, 0.3) is 0 Å². The number of alkyl halides is 1. The van der Waals surface area contributed by atoms with Crippen LogP contribution in [0.2, 0.25) is 0 Å². The first-order chi connectivity index (χ1) is 7.24. The molecule has 0 N–H and O–H groups in total. The zero-order valence-electron chi connectivity index (χ0n) is 8.39. The molecule has 0 aromatic heterocycles. The Hall–Kier alpha value is -0.770. The molecule has 4 nitrogen and oxygen atoms in total. The van der Waals surface area contributed by atoms with Crippen molar-refractivity contribution in [2.45, 2.75) is 43.9 Å². The molecule has 0 aliphatic carbocycles. The fourth-order valence-electron chi connectivity index (χ4n) is 2.65. The fraction of sp³-hybridized carbons (Fsp3) is 0.800. The van der Waals surface area contributed by atoms with Crippen LogP contribution in [0.15, 0.2) is 0 Å². The maximum atomic E-state index is 11.0. The van der Waals surface area contributed by atoms with E-state index in [0.717, 1.165) is 32.1 Å². The number of carbonyl (C=O) groups is 2. The Morgan fingerprint density at radius 3 is 2.47 bits per heavy atom. The van der Waals surface area contributed by atoms with E-state index in [0.29, 0.717) is 0 Å². The average Bonchev–Trinajstić information content (AvgIpc) is 2.49. The largest absolute Gasteiger partial charge is 0.461 e. The number of hydrogen-bond donors (Lipinski definition) is 0. The van der Waals surface area contributed by atoms with Gasteiger partial charge in [-0.3, -0.25) is 9.59 Å². The van der Waals surface area contributed by atoms with Gasteiger partial charge in [0.25, 0.3) is 0 Å². The van der Waals surface area contributed by atoms with Crippen LogP contribution >= 0.6 is 11.6 Å². The third kappa shape index (κ3) is 2.09. The second-order valence-corrected chi connectivity index (χ2v) is 4.42. The van der Waals surface area contributed by atoms with Gasteiger partial charge >= 0.3 is 5.97 Å². The highest BCUT2D eigenvalue weighted by molar-refractivity contribution is 6.26. The summed E-state index contributed by atoms with van der Waals surface area (Å²) >= 11 is 5.37. The van der Waals surface area contributed by atoms with E-state index >= 15 is 0 Å². The number of carbonyl (C=O) groups excluding carboxylic acids is 2. The predicted octanol–water partition coefficient (Wildman–Crippen LogP) is 0.920. The molecule has 3 atom stereocenters. The van der Waals surface area contributed by atoms with Crippen molar-refractivity contribution in [3.8, 4) is 0 Å². The monoisotopic (exact) mass is 231 g/mol. The summed E-state index contributed by atoms with van der Waals surface area (Å²) in [5.74, 6) is -0.455. The summed E-state index contributed by atoms with van der Waals surface area (Å²) in [6.45, 7) is 0. The quantitative estimate of drug-likeness (QED) is 0.412. The van der Waals surface area contributed by atoms with Crippen molar-refractivity contribution in [1.29, 1.82) is 0 Å². The van der Waals surface area contributed by atoms with E-state index in [1.165, 1.54) is 0 Å². The Morgan fingerprint density at radius 1 is 1.40 bits per heavy atom. The maximum Gasteiger partial charge on any atom is 0.321 e. The molecule has 1 unspecified atom stereocenters. The molecule has 2 fully saturated rings. The lowest BCUT2D eigenvalue weighted by atomic mass is 10.0. The summed E-state index contributed by atoms with van der Waals surface area (Å²) in [6.07, 6.45) is 4.44. The number of fused-ring (bicyclic) bond motifs is 2. The Labute approximate surface area is 93.5 Å². The van der Waals surface area contributed by atoms with Gasteiger partial charge in [0.15, 0.2) is 0 Å². The highest BCUT2D eigenvalue weighted by Crippen LogP contribution is 2.35. The summed E-state index contributed by atoms with van der Waals surface area (Å²) in [6, 6.07) is 0.517. The maximum absolute atomic E-state index is 11.0. The minimum absolute atomic E-state index is 0.0510. The SMILES string of the molecule is O=CN1[C@@H]2CC[C@H]1CC(OC(=O)CCl)C2. The summed E-state index contributed by atoms with van der Waals surface area (Å²) in [7, 11) is 0. The van der Waals surface area contributed by atoms with E-state index in [-0.39, 0.29) is 30.0 Å². The lowest BCUT2D eigenvalue weighted by Gasteiger charge is -2.35. The molecule has 0 radical (unpaired) electrons. The van der Waals surface area contributed by atoms with Crippen LogP contribution in [0.1, 0.15) is 25.7 Å². The van der Waals surface area contributed by atoms with E-state index in [4.69, 9.17) is 16.3 Å². The molecule has 2 aliphatic heterocycles. The van der Waals surface area contributed by atoms with Crippen LogP contribution < -0.4 is 0 Å². The Morgan fingerprint density at radius 2 is 2.00 bits per heavy atom. The molecule has 2 aliphatic rings. The number of hydrogen-bond acceptors (Lipinski definition) is 3. The van der Waals surface area contributed by atoms with E-state index in [1.807, 2.05) is 4.90 Å².